The number of Topliss-reactive ketones (excluding diaryl/α,β-unsaturated/α-hetero) is 1. The second kappa shape index (κ2) is 7.52. The van der Waals surface area contributed by atoms with Gasteiger partial charge in [0.1, 0.15) is 4.83 Å². The number of hydrogen-bond acceptors (Lipinski definition) is 6. The molecule has 0 radical (unpaired) electrons. The summed E-state index contributed by atoms with van der Waals surface area (Å²) in [7, 11) is 0. The van der Waals surface area contributed by atoms with Gasteiger partial charge in [-0.15, -0.1) is 11.3 Å². The van der Waals surface area contributed by atoms with Crippen LogP contribution >= 0.6 is 11.3 Å². The molecule has 2 aromatic carbocycles. The molecule has 1 aliphatic rings. The third-order valence-corrected chi connectivity index (χ3v) is 6.32. The third-order valence-electron chi connectivity index (χ3n) is 5.16. The molecule has 5 rings (SSSR count). The summed E-state index contributed by atoms with van der Waals surface area (Å²) in [4.78, 5) is 18.4. The van der Waals surface area contributed by atoms with E-state index in [1.807, 2.05) is 30.3 Å². The molecule has 9 heteroatoms. The third kappa shape index (κ3) is 3.64. The number of nitrogen functional groups attached to an aromatic ring is 1. The molecule has 5 nitrogen and oxygen atoms in total. The number of hydrogen-bond donors (Lipinski definition) is 1. The van der Waals surface area contributed by atoms with Gasteiger partial charge in [-0.2, -0.15) is 13.2 Å². The number of carbonyl (C=O) groups excluding carboxylic acids is 1. The topological polar surface area (TPSA) is 74.4 Å². The average Bonchev–Trinajstić information content (AvgIpc) is 3.37. The fraction of sp³-hybridized carbons (Fsp3) is 0.130. The molecular weight excluding hydrogens is 441 g/mol. The fourth-order valence-electron chi connectivity index (χ4n) is 3.50. The number of fused-ring (bicyclic) bond motifs is 2. The number of nitrogens with zero attached hydrogens (tertiary/aromatic N) is 1. The summed E-state index contributed by atoms with van der Waals surface area (Å²) in [6.45, 7) is 0.178. The lowest BCUT2D eigenvalue weighted by Gasteiger charge is -2.07. The number of aromatic nitrogens is 1. The number of ketones is 1. The van der Waals surface area contributed by atoms with E-state index < -0.39 is 11.7 Å². The number of benzene rings is 2. The molecule has 2 N–H and O–H groups in total. The molecule has 0 amide bonds. The minimum Gasteiger partial charge on any atom is -0.454 e. The highest BCUT2D eigenvalue weighted by atomic mass is 32.1. The quantitative estimate of drug-likeness (QED) is 0.398. The lowest BCUT2D eigenvalue weighted by atomic mass is 10.0. The first-order chi connectivity index (χ1) is 15.3. The summed E-state index contributed by atoms with van der Waals surface area (Å²) < 4.78 is 48.9. The maximum atomic E-state index is 12.8. The average molecular weight is 456 g/mol. The molecule has 0 bridgehead atoms. The predicted molar refractivity (Wildman–Crippen MR) is 115 cm³/mol. The minimum atomic E-state index is -4.42. The molecular formula is C23H15F3N2O3S. The first-order valence-electron chi connectivity index (χ1n) is 9.58. The largest absolute Gasteiger partial charge is 0.454 e. The molecule has 0 saturated carbocycles. The van der Waals surface area contributed by atoms with Crippen LogP contribution in [0.15, 0.2) is 54.6 Å². The summed E-state index contributed by atoms with van der Waals surface area (Å²) >= 11 is 1.17. The highest BCUT2D eigenvalue weighted by molar-refractivity contribution is 7.21. The zero-order valence-electron chi connectivity index (χ0n) is 16.4. The van der Waals surface area contributed by atoms with E-state index in [4.69, 9.17) is 15.2 Å². The molecule has 4 aromatic rings. The molecule has 0 saturated heterocycles. The Morgan fingerprint density at radius 3 is 2.53 bits per heavy atom. The lowest BCUT2D eigenvalue weighted by Crippen LogP contribution is -2.07. The zero-order chi connectivity index (χ0) is 22.5. The Labute approximate surface area is 184 Å². The van der Waals surface area contributed by atoms with Crippen molar-refractivity contribution in [2.24, 2.45) is 0 Å². The Balaban J connectivity index is 1.42. The normalized spacial score (nSPS) is 13.0. The van der Waals surface area contributed by atoms with Crippen LogP contribution < -0.4 is 15.2 Å². The van der Waals surface area contributed by atoms with E-state index in [2.05, 4.69) is 4.98 Å². The highest BCUT2D eigenvalue weighted by Gasteiger charge is 2.30. The summed E-state index contributed by atoms with van der Waals surface area (Å²) in [5.41, 5.74) is 7.78. The van der Waals surface area contributed by atoms with Crippen molar-refractivity contribution < 1.29 is 27.4 Å². The molecule has 0 aliphatic carbocycles. The maximum Gasteiger partial charge on any atom is 0.416 e. The van der Waals surface area contributed by atoms with E-state index in [0.717, 1.165) is 17.7 Å². The number of ether oxygens (including phenoxy) is 2. The van der Waals surface area contributed by atoms with Gasteiger partial charge in [0.15, 0.2) is 17.3 Å². The molecule has 3 heterocycles. The molecule has 0 atom stereocenters. The Bertz CT molecular complexity index is 1350. The number of halogens is 3. The van der Waals surface area contributed by atoms with Gasteiger partial charge >= 0.3 is 6.18 Å². The van der Waals surface area contributed by atoms with Crippen LogP contribution in [0, 0.1) is 0 Å². The van der Waals surface area contributed by atoms with Crippen molar-refractivity contribution in [3.05, 3.63) is 70.6 Å². The summed E-state index contributed by atoms with van der Waals surface area (Å²) in [5, 5.41) is 0.662. The van der Waals surface area contributed by atoms with E-state index in [9.17, 15) is 18.0 Å². The van der Waals surface area contributed by atoms with Crippen molar-refractivity contribution in [1.82, 2.24) is 4.98 Å². The SMILES string of the molecule is Nc1c(C(=O)Cc2ccc(C(F)(F)F)cc2)sc2nc(-c3ccc4c(c3)OCO4)ccc12. The van der Waals surface area contributed by atoms with Gasteiger partial charge in [0.2, 0.25) is 6.79 Å². The van der Waals surface area contributed by atoms with Gasteiger partial charge in [-0.1, -0.05) is 12.1 Å². The van der Waals surface area contributed by atoms with Crippen molar-refractivity contribution in [3.63, 3.8) is 0 Å². The van der Waals surface area contributed by atoms with E-state index >= 15 is 0 Å². The Morgan fingerprint density at radius 2 is 1.78 bits per heavy atom. The fourth-order valence-corrected chi connectivity index (χ4v) is 4.53. The number of thiophene rings is 1. The number of pyridine rings is 1. The summed E-state index contributed by atoms with van der Waals surface area (Å²) in [6, 6.07) is 13.7. The van der Waals surface area contributed by atoms with Gasteiger partial charge in [-0.05, 0) is 48.0 Å². The molecule has 1 aliphatic heterocycles. The van der Waals surface area contributed by atoms with Crippen molar-refractivity contribution in [1.29, 1.82) is 0 Å². The van der Waals surface area contributed by atoms with E-state index in [1.54, 1.807) is 0 Å². The van der Waals surface area contributed by atoms with Gasteiger partial charge < -0.3 is 15.2 Å². The molecule has 2 aromatic heterocycles. The standard InChI is InChI=1S/C23H15F3N2O3S/c24-23(25,26)14-4-1-12(2-5-14)9-17(29)21-20(27)15-6-7-16(28-22(15)32-21)13-3-8-18-19(10-13)31-11-30-18/h1-8,10H,9,11,27H2. The van der Waals surface area contributed by atoms with Gasteiger partial charge in [-0.25, -0.2) is 4.98 Å². The number of nitrogens with two attached hydrogens (primary N) is 1. The summed E-state index contributed by atoms with van der Waals surface area (Å²) in [6.07, 6.45) is -4.47. The Morgan fingerprint density at radius 1 is 1.03 bits per heavy atom. The van der Waals surface area contributed by atoms with E-state index in [0.29, 0.717) is 43.5 Å². The van der Waals surface area contributed by atoms with Gasteiger partial charge in [0.05, 0.1) is 21.8 Å². The van der Waals surface area contributed by atoms with Crippen molar-refractivity contribution in [2.75, 3.05) is 12.5 Å². The molecule has 0 fully saturated rings. The van der Waals surface area contributed by atoms with Crippen LogP contribution in [0.25, 0.3) is 21.5 Å². The first-order valence-corrected chi connectivity index (χ1v) is 10.4. The lowest BCUT2D eigenvalue weighted by molar-refractivity contribution is -0.137. The van der Waals surface area contributed by atoms with E-state index in [1.165, 1.54) is 23.5 Å². The van der Waals surface area contributed by atoms with Crippen LogP contribution in [0.4, 0.5) is 18.9 Å². The van der Waals surface area contributed by atoms with Crippen LogP contribution in [0.3, 0.4) is 0 Å². The van der Waals surface area contributed by atoms with E-state index in [-0.39, 0.29) is 19.0 Å². The van der Waals surface area contributed by atoms with Crippen molar-refractivity contribution in [2.45, 2.75) is 12.6 Å². The molecule has 0 unspecified atom stereocenters. The maximum absolute atomic E-state index is 12.8. The predicted octanol–water partition coefficient (Wildman–Crippen LogP) is 5.72. The van der Waals surface area contributed by atoms with Gasteiger partial charge in [0, 0.05) is 17.4 Å². The number of carbonyl (C=O) groups is 1. The van der Waals surface area contributed by atoms with Crippen LogP contribution in [0.1, 0.15) is 20.8 Å². The first kappa shape index (κ1) is 20.3. The minimum absolute atomic E-state index is 0.0514. The second-order valence-electron chi connectivity index (χ2n) is 7.26. The van der Waals surface area contributed by atoms with Gasteiger partial charge in [0.25, 0.3) is 0 Å². The zero-order valence-corrected chi connectivity index (χ0v) is 17.2. The van der Waals surface area contributed by atoms with Crippen LogP contribution in [-0.2, 0) is 12.6 Å². The molecule has 32 heavy (non-hydrogen) atoms. The molecule has 162 valence electrons. The Kier molecular flexibility index (Phi) is 4.78. The van der Waals surface area contributed by atoms with Gasteiger partial charge in [-0.3, -0.25) is 4.79 Å². The van der Waals surface area contributed by atoms with Crippen LogP contribution in [0.5, 0.6) is 11.5 Å². The second-order valence-corrected chi connectivity index (χ2v) is 8.26. The Hall–Kier alpha value is -3.59. The summed E-state index contributed by atoms with van der Waals surface area (Å²) in [5.74, 6) is 1.05. The highest BCUT2D eigenvalue weighted by Crippen LogP contribution is 2.38. The monoisotopic (exact) mass is 456 g/mol. The van der Waals surface area contributed by atoms with Crippen LogP contribution in [-0.4, -0.2) is 17.6 Å². The number of anilines is 1. The smallest absolute Gasteiger partial charge is 0.416 e. The molecule has 0 spiro atoms. The number of alkyl halides is 3. The van der Waals surface area contributed by atoms with Crippen molar-refractivity contribution >= 4 is 33.0 Å². The van der Waals surface area contributed by atoms with Crippen LogP contribution in [0.2, 0.25) is 0 Å². The number of rotatable bonds is 4. The van der Waals surface area contributed by atoms with Crippen molar-refractivity contribution in [3.8, 4) is 22.8 Å².